The number of rotatable bonds is 3. The van der Waals surface area contributed by atoms with Crippen LogP contribution >= 0.6 is 11.3 Å². The molecule has 3 radical (unpaired) electrons. The zero-order valence-corrected chi connectivity index (χ0v) is 21.5. The van der Waals surface area contributed by atoms with E-state index in [2.05, 4.69) is 64.2 Å². The van der Waals surface area contributed by atoms with Gasteiger partial charge in [0.15, 0.2) is 5.13 Å². The van der Waals surface area contributed by atoms with Crippen molar-refractivity contribution in [3.8, 4) is 6.07 Å². The molecular formula is C27H32BN6S. The monoisotopic (exact) mass is 483 g/mol. The lowest BCUT2D eigenvalue weighted by Crippen LogP contribution is -1.96. The van der Waals surface area contributed by atoms with E-state index in [9.17, 15) is 0 Å². The number of fused-ring (bicyclic) bond motifs is 1. The van der Waals surface area contributed by atoms with Crippen molar-refractivity contribution < 1.29 is 0 Å². The van der Waals surface area contributed by atoms with Crippen LogP contribution in [0.1, 0.15) is 52.7 Å². The van der Waals surface area contributed by atoms with Crippen molar-refractivity contribution in [2.75, 3.05) is 5.32 Å². The fourth-order valence-corrected chi connectivity index (χ4v) is 3.99. The molecule has 0 saturated heterocycles. The van der Waals surface area contributed by atoms with Gasteiger partial charge in [0.2, 0.25) is 0 Å². The van der Waals surface area contributed by atoms with Gasteiger partial charge < -0.3 is 5.32 Å². The summed E-state index contributed by atoms with van der Waals surface area (Å²) in [4.78, 5) is 18.5. The summed E-state index contributed by atoms with van der Waals surface area (Å²) in [6.45, 7) is 14.1. The fourth-order valence-electron chi connectivity index (χ4n) is 3.18. The van der Waals surface area contributed by atoms with Gasteiger partial charge >= 0.3 is 0 Å². The second-order valence-electron chi connectivity index (χ2n) is 7.91. The zero-order valence-electron chi connectivity index (χ0n) is 20.7. The minimum Gasteiger partial charge on any atom is -0.316 e. The maximum absolute atomic E-state index is 8.84. The van der Waals surface area contributed by atoms with Crippen LogP contribution in [-0.2, 0) is 0 Å². The maximum atomic E-state index is 8.84. The molecule has 0 saturated carbocycles. The molecule has 2 aromatic heterocycles. The SMILES string of the molecule is C.CC=Nc1cc(C)c(C)cc1C#N.Cc1cc2ncnc(Nc3nc(C)c(C)s3)c2cc1C.[B]. The predicted molar refractivity (Wildman–Crippen MR) is 151 cm³/mol. The molecule has 0 unspecified atom stereocenters. The molecule has 4 rings (SSSR count). The topological polar surface area (TPSA) is 86.8 Å². The van der Waals surface area contributed by atoms with Gasteiger partial charge in [-0.3, -0.25) is 4.99 Å². The van der Waals surface area contributed by atoms with Crippen LogP contribution in [0.25, 0.3) is 10.9 Å². The van der Waals surface area contributed by atoms with Crippen LogP contribution in [0.3, 0.4) is 0 Å². The van der Waals surface area contributed by atoms with Crippen molar-refractivity contribution in [2.24, 2.45) is 4.99 Å². The standard InChI is InChI=1S/C15H16N4S.C11H12N2.CH4.B/c1-8-5-12-13(6-9(8)2)16-7-17-14(12)19-15-18-10(3)11(4)20-15;1-4-13-11-6-9(3)8(2)5-10(11)7-12;;/h5-7H,1-4H3,(H,16,17,18,19);4-6H,1-3H3;1H4;. The van der Waals surface area contributed by atoms with E-state index in [-0.39, 0.29) is 15.8 Å². The van der Waals surface area contributed by atoms with Gasteiger partial charge in [-0.05, 0) is 95.0 Å². The normalized spacial score (nSPS) is 10.1. The van der Waals surface area contributed by atoms with Crippen molar-refractivity contribution in [1.29, 1.82) is 5.26 Å². The van der Waals surface area contributed by atoms with Gasteiger partial charge in [-0.1, -0.05) is 7.43 Å². The predicted octanol–water partition coefficient (Wildman–Crippen LogP) is 7.22. The van der Waals surface area contributed by atoms with Gasteiger partial charge in [-0.2, -0.15) is 5.26 Å². The van der Waals surface area contributed by atoms with Crippen LogP contribution in [-0.4, -0.2) is 29.6 Å². The van der Waals surface area contributed by atoms with Gasteiger partial charge in [-0.15, -0.1) is 11.3 Å². The highest BCUT2D eigenvalue weighted by Crippen LogP contribution is 2.28. The van der Waals surface area contributed by atoms with Gasteiger partial charge in [0.05, 0.1) is 22.5 Å². The summed E-state index contributed by atoms with van der Waals surface area (Å²) in [5.74, 6) is 0.812. The van der Waals surface area contributed by atoms with Crippen molar-refractivity contribution in [3.63, 3.8) is 0 Å². The first kappa shape index (κ1) is 29.5. The van der Waals surface area contributed by atoms with Gasteiger partial charge in [-0.25, -0.2) is 15.0 Å². The molecule has 35 heavy (non-hydrogen) atoms. The van der Waals surface area contributed by atoms with E-state index in [0.29, 0.717) is 5.56 Å². The Bertz CT molecular complexity index is 1370. The van der Waals surface area contributed by atoms with E-state index in [1.165, 1.54) is 21.6 Å². The number of aliphatic imine (C=N–C) groups is 1. The summed E-state index contributed by atoms with van der Waals surface area (Å²) in [6, 6.07) is 10.2. The van der Waals surface area contributed by atoms with Gasteiger partial charge in [0.25, 0.3) is 0 Å². The Morgan fingerprint density at radius 3 is 2.17 bits per heavy atom. The molecule has 8 heteroatoms. The van der Waals surface area contributed by atoms with E-state index >= 15 is 0 Å². The summed E-state index contributed by atoms with van der Waals surface area (Å²) in [6.07, 6.45) is 3.29. The molecule has 2 aromatic carbocycles. The van der Waals surface area contributed by atoms with E-state index < -0.39 is 0 Å². The molecular weight excluding hydrogens is 451 g/mol. The number of nitriles is 1. The second kappa shape index (κ2) is 12.8. The van der Waals surface area contributed by atoms with Crippen LogP contribution in [0.5, 0.6) is 0 Å². The van der Waals surface area contributed by atoms with Crippen molar-refractivity contribution in [3.05, 3.63) is 69.0 Å². The highest BCUT2D eigenvalue weighted by Gasteiger charge is 2.09. The third-order valence-corrected chi connectivity index (χ3v) is 6.49. The minimum atomic E-state index is 0. The van der Waals surface area contributed by atoms with Crippen molar-refractivity contribution in [2.45, 2.75) is 55.9 Å². The van der Waals surface area contributed by atoms with E-state index in [1.54, 1.807) is 23.9 Å². The molecule has 179 valence electrons. The Morgan fingerprint density at radius 2 is 1.57 bits per heavy atom. The average molecular weight is 483 g/mol. The second-order valence-corrected chi connectivity index (χ2v) is 9.12. The Labute approximate surface area is 214 Å². The molecule has 2 heterocycles. The third-order valence-electron chi connectivity index (χ3n) is 5.51. The number of nitrogens with zero attached hydrogens (tertiary/aromatic N) is 5. The molecule has 0 spiro atoms. The molecule has 6 nitrogen and oxygen atoms in total. The summed E-state index contributed by atoms with van der Waals surface area (Å²) in [5.41, 5.74) is 8.18. The van der Waals surface area contributed by atoms with Crippen molar-refractivity contribution >= 4 is 53.5 Å². The Kier molecular flexibility index (Phi) is 10.8. The smallest absolute Gasteiger partial charge is 0.188 e. The number of hydrogen-bond acceptors (Lipinski definition) is 7. The number of nitrogens with one attached hydrogen (secondary N) is 1. The molecule has 4 aromatic rings. The summed E-state index contributed by atoms with van der Waals surface area (Å²) in [7, 11) is 0. The van der Waals surface area contributed by atoms with E-state index in [1.807, 2.05) is 39.8 Å². The summed E-state index contributed by atoms with van der Waals surface area (Å²) < 4.78 is 0. The fraction of sp³-hybridized carbons (Fsp3) is 0.296. The number of aryl methyl sites for hydroxylation is 6. The molecule has 0 fully saturated rings. The zero-order chi connectivity index (χ0) is 24.1. The van der Waals surface area contributed by atoms with Gasteiger partial charge in [0, 0.05) is 24.9 Å². The first-order valence-corrected chi connectivity index (χ1v) is 11.5. The number of anilines is 2. The van der Waals surface area contributed by atoms with Crippen LogP contribution in [0.15, 0.2) is 35.6 Å². The maximum Gasteiger partial charge on any atom is 0.188 e. The quantitative estimate of drug-likeness (QED) is 0.246. The lowest BCUT2D eigenvalue weighted by atomic mass is 10.1. The molecule has 0 aliphatic carbocycles. The molecule has 0 aliphatic rings. The highest BCUT2D eigenvalue weighted by molar-refractivity contribution is 7.15. The third kappa shape index (κ3) is 6.97. The first-order chi connectivity index (χ1) is 15.7. The van der Waals surface area contributed by atoms with Crippen LogP contribution in [0, 0.1) is 52.9 Å². The minimum absolute atomic E-state index is 0. The first-order valence-electron chi connectivity index (χ1n) is 10.7. The number of benzene rings is 2. The number of aromatic nitrogens is 3. The number of thiazole rings is 1. The highest BCUT2D eigenvalue weighted by atomic mass is 32.1. The van der Waals surface area contributed by atoms with E-state index in [4.69, 9.17) is 5.26 Å². The lowest BCUT2D eigenvalue weighted by Gasteiger charge is -2.08. The van der Waals surface area contributed by atoms with Crippen LogP contribution < -0.4 is 5.32 Å². The summed E-state index contributed by atoms with van der Waals surface area (Å²) in [5, 5.41) is 14.1. The molecule has 0 atom stereocenters. The lowest BCUT2D eigenvalue weighted by molar-refractivity contribution is 1.19. The van der Waals surface area contributed by atoms with Gasteiger partial charge in [0.1, 0.15) is 18.2 Å². The van der Waals surface area contributed by atoms with Crippen LogP contribution in [0.4, 0.5) is 16.6 Å². The molecule has 0 aliphatic heterocycles. The Hall–Kier alpha value is -3.57. The van der Waals surface area contributed by atoms with Crippen molar-refractivity contribution in [1.82, 2.24) is 15.0 Å². The van der Waals surface area contributed by atoms with E-state index in [0.717, 1.165) is 38.8 Å². The average Bonchev–Trinajstić information content (AvgIpc) is 3.09. The molecule has 1 N–H and O–H groups in total. The molecule has 0 bridgehead atoms. The Balaban J connectivity index is 0.000000360. The summed E-state index contributed by atoms with van der Waals surface area (Å²) >= 11 is 1.64. The Morgan fingerprint density at radius 1 is 0.943 bits per heavy atom. The number of hydrogen-bond donors (Lipinski definition) is 1. The molecule has 0 amide bonds. The van der Waals surface area contributed by atoms with Crippen LogP contribution in [0.2, 0.25) is 0 Å². The largest absolute Gasteiger partial charge is 0.316 e.